The van der Waals surface area contributed by atoms with Crippen molar-refractivity contribution in [2.75, 3.05) is 18.9 Å². The van der Waals surface area contributed by atoms with Gasteiger partial charge >= 0.3 is 7.82 Å². The Morgan fingerprint density at radius 3 is 2.67 bits per heavy atom. The van der Waals surface area contributed by atoms with Crippen LogP contribution in [-0.2, 0) is 23.1 Å². The molecule has 0 aromatic carbocycles. The van der Waals surface area contributed by atoms with Crippen LogP contribution in [-0.4, -0.2) is 99.7 Å². The molecule has 0 bridgehead atoms. The number of hydrogen-bond acceptors (Lipinski definition) is 14. The molecular weight excluding hydrogens is 473 g/mol. The number of aliphatic hydroxyl groups excluding tert-OH is 4. The molecule has 4 rings (SSSR count). The monoisotopic (exact) mass is 495 g/mol. The van der Waals surface area contributed by atoms with Gasteiger partial charge in [-0.3, -0.25) is 18.9 Å². The summed E-state index contributed by atoms with van der Waals surface area (Å²) in [4.78, 5) is 32.1. The number of aromatic nitrogens is 4. The summed E-state index contributed by atoms with van der Waals surface area (Å²) in [5.41, 5.74) is 4.69. The summed E-state index contributed by atoms with van der Waals surface area (Å²) in [5.74, 6) is -3.01. The molecule has 0 amide bonds. The van der Waals surface area contributed by atoms with Crippen LogP contribution in [0.1, 0.15) is 12.6 Å². The van der Waals surface area contributed by atoms with Crippen LogP contribution < -0.4 is 11.3 Å². The van der Waals surface area contributed by atoms with Crippen molar-refractivity contribution in [2.45, 2.75) is 49.1 Å². The highest BCUT2D eigenvalue weighted by molar-refractivity contribution is 7.47. The Labute approximate surface area is 183 Å². The van der Waals surface area contributed by atoms with Gasteiger partial charge in [0, 0.05) is 0 Å². The number of anilines is 1. The number of nitrogens with one attached hydrogen (secondary N) is 1. The minimum atomic E-state index is -5.21. The Bertz CT molecular complexity index is 1130. The Morgan fingerprint density at radius 1 is 1.33 bits per heavy atom. The summed E-state index contributed by atoms with van der Waals surface area (Å²) in [6.45, 7) is -1.47. The van der Waals surface area contributed by atoms with Gasteiger partial charge in [0.15, 0.2) is 17.4 Å². The molecule has 18 heteroatoms. The molecule has 2 aliphatic rings. The van der Waals surface area contributed by atoms with E-state index in [0.29, 0.717) is 0 Å². The number of ether oxygens (including phenoxy) is 2. The van der Waals surface area contributed by atoms with Crippen molar-refractivity contribution in [3.05, 3.63) is 16.7 Å². The maximum Gasteiger partial charge on any atom is 0.477 e. The van der Waals surface area contributed by atoms with E-state index in [1.165, 1.54) is 0 Å². The molecule has 17 nitrogen and oxygen atoms in total. The van der Waals surface area contributed by atoms with Crippen LogP contribution in [0.2, 0.25) is 0 Å². The number of imidazole rings is 1. The molecule has 2 aromatic heterocycles. The zero-order valence-electron chi connectivity index (χ0n) is 16.7. The van der Waals surface area contributed by atoms with Crippen molar-refractivity contribution < 1.29 is 53.5 Å². The van der Waals surface area contributed by atoms with Crippen molar-refractivity contribution in [3.63, 3.8) is 0 Å². The Morgan fingerprint density at radius 2 is 2.03 bits per heavy atom. The zero-order chi connectivity index (χ0) is 24.1. The number of nitrogen functional groups attached to an aromatic ring is 1. The van der Waals surface area contributed by atoms with Crippen molar-refractivity contribution in [2.24, 2.45) is 0 Å². The second-order valence-corrected chi connectivity index (χ2v) is 8.80. The number of aliphatic hydroxyl groups is 5. The largest absolute Gasteiger partial charge is 0.477 e. The summed E-state index contributed by atoms with van der Waals surface area (Å²) in [5, 5.41) is 49.4. The fraction of sp³-hybridized carbons (Fsp3) is 0.667. The first-order valence-corrected chi connectivity index (χ1v) is 11.0. The first kappa shape index (κ1) is 24.1. The fourth-order valence-electron chi connectivity index (χ4n) is 3.69. The number of phosphoric ester groups is 1. The third kappa shape index (κ3) is 4.53. The minimum Gasteiger partial charge on any atom is -0.394 e. The van der Waals surface area contributed by atoms with Gasteiger partial charge in [0.05, 0.1) is 32.1 Å². The first-order chi connectivity index (χ1) is 15.5. The lowest BCUT2D eigenvalue weighted by molar-refractivity contribution is -0.317. The van der Waals surface area contributed by atoms with E-state index >= 15 is 0 Å². The van der Waals surface area contributed by atoms with E-state index in [2.05, 4.69) is 19.5 Å². The number of phosphoric acid groups is 1. The summed E-state index contributed by atoms with van der Waals surface area (Å²) in [7, 11) is -5.21. The average molecular weight is 495 g/mol. The lowest BCUT2D eigenvalue weighted by atomic mass is 10.1. The predicted octanol–water partition coefficient (Wildman–Crippen LogP) is -3.76. The number of nitrogens with zero attached hydrogens (tertiary/aromatic N) is 3. The SMILES string of the molecule is Nc1nc2c(ncn2[C@@H]2O[C@H](CO)[C@@H](OP(=O)(O)O[C@@]3(O)C[C@@H](O)[C@H](CO)O3)[C@H]2O)c(=O)[nH]1. The number of hydrogen-bond donors (Lipinski definition) is 8. The second-order valence-electron chi connectivity index (χ2n) is 7.47. The highest BCUT2D eigenvalue weighted by Gasteiger charge is 2.54. The van der Waals surface area contributed by atoms with Crippen LogP contribution in [0.4, 0.5) is 5.95 Å². The molecule has 0 saturated carbocycles. The molecule has 2 saturated heterocycles. The second kappa shape index (κ2) is 8.64. The maximum atomic E-state index is 12.5. The van der Waals surface area contributed by atoms with Crippen LogP contribution >= 0.6 is 7.82 Å². The van der Waals surface area contributed by atoms with E-state index in [1.807, 2.05) is 0 Å². The van der Waals surface area contributed by atoms with E-state index in [4.69, 9.17) is 24.8 Å². The summed E-state index contributed by atoms with van der Waals surface area (Å²) in [6, 6.07) is 0. The molecule has 33 heavy (non-hydrogen) atoms. The smallest absolute Gasteiger partial charge is 0.394 e. The van der Waals surface area contributed by atoms with Crippen molar-refractivity contribution in [1.82, 2.24) is 19.5 Å². The van der Waals surface area contributed by atoms with E-state index in [1.54, 1.807) is 0 Å². The number of nitrogens with two attached hydrogens (primary N) is 1. The standard InChI is InChI=1S/C15H22N5O12P/c16-14-18-11-8(12(25)19-14)17-4-20(11)13-9(24)10(7(3-22)29-13)31-33(27,28)32-15(26)1-5(23)6(2-21)30-15/h4-7,9-10,13,21-24,26H,1-3H2,(H,27,28)(H3,16,18,19,25)/t5-,6+,7-,9-,10-,13-,15-/m1/s1. The first-order valence-electron chi connectivity index (χ1n) is 9.54. The van der Waals surface area contributed by atoms with Crippen molar-refractivity contribution >= 4 is 24.9 Å². The molecule has 4 heterocycles. The van der Waals surface area contributed by atoms with Gasteiger partial charge in [-0.1, -0.05) is 0 Å². The predicted molar refractivity (Wildman–Crippen MR) is 103 cm³/mol. The van der Waals surface area contributed by atoms with Gasteiger partial charge in [-0.15, -0.1) is 0 Å². The number of fused-ring (bicyclic) bond motifs is 1. The van der Waals surface area contributed by atoms with Crippen molar-refractivity contribution in [3.8, 4) is 0 Å². The molecule has 1 unspecified atom stereocenters. The molecule has 2 aromatic rings. The molecule has 2 aliphatic heterocycles. The highest BCUT2D eigenvalue weighted by Crippen LogP contribution is 2.53. The van der Waals surface area contributed by atoms with Gasteiger partial charge in [0.25, 0.3) is 11.5 Å². The summed E-state index contributed by atoms with van der Waals surface area (Å²) in [6.07, 6.45) is -8.37. The van der Waals surface area contributed by atoms with E-state index in [9.17, 15) is 34.7 Å². The van der Waals surface area contributed by atoms with Crippen LogP contribution in [0, 0.1) is 0 Å². The Hall–Kier alpha value is -2.02. The third-order valence-electron chi connectivity index (χ3n) is 5.14. The summed E-state index contributed by atoms with van der Waals surface area (Å²) < 4.78 is 33.6. The van der Waals surface area contributed by atoms with Gasteiger partial charge < -0.3 is 45.6 Å². The Balaban J connectivity index is 1.55. The van der Waals surface area contributed by atoms with Crippen LogP contribution in [0.25, 0.3) is 11.2 Å². The minimum absolute atomic E-state index is 0.0706. The topological polar surface area (TPSA) is 265 Å². The molecule has 0 aliphatic carbocycles. The highest BCUT2D eigenvalue weighted by atomic mass is 31.2. The average Bonchev–Trinajstić information content (AvgIpc) is 3.35. The number of H-pyrrole nitrogens is 1. The lowest BCUT2D eigenvalue weighted by Crippen LogP contribution is -2.37. The van der Waals surface area contributed by atoms with Gasteiger partial charge in [-0.2, -0.15) is 4.98 Å². The van der Waals surface area contributed by atoms with Crippen LogP contribution in [0.5, 0.6) is 0 Å². The molecule has 9 N–H and O–H groups in total. The van der Waals surface area contributed by atoms with Gasteiger partial charge in [0.1, 0.15) is 24.4 Å². The maximum absolute atomic E-state index is 12.5. The Kier molecular flexibility index (Phi) is 6.31. The molecule has 0 spiro atoms. The third-order valence-corrected chi connectivity index (χ3v) is 6.16. The zero-order valence-corrected chi connectivity index (χ0v) is 17.6. The molecule has 0 radical (unpaired) electrons. The molecule has 184 valence electrons. The molecule has 8 atom stereocenters. The van der Waals surface area contributed by atoms with Gasteiger partial charge in [0.2, 0.25) is 5.95 Å². The van der Waals surface area contributed by atoms with Crippen LogP contribution in [0.15, 0.2) is 11.1 Å². The van der Waals surface area contributed by atoms with Gasteiger partial charge in [-0.05, 0) is 0 Å². The van der Waals surface area contributed by atoms with E-state index in [-0.39, 0.29) is 17.1 Å². The number of rotatable bonds is 7. The van der Waals surface area contributed by atoms with E-state index < -0.39 is 75.7 Å². The fourth-order valence-corrected chi connectivity index (χ4v) is 4.78. The summed E-state index contributed by atoms with van der Waals surface area (Å²) >= 11 is 0. The van der Waals surface area contributed by atoms with E-state index in [0.717, 1.165) is 10.9 Å². The lowest BCUT2D eigenvalue weighted by Gasteiger charge is -2.27. The normalized spacial score (nSPS) is 36.4. The van der Waals surface area contributed by atoms with Gasteiger partial charge in [-0.25, -0.2) is 14.1 Å². The quantitative estimate of drug-likeness (QED) is 0.135. The van der Waals surface area contributed by atoms with Crippen molar-refractivity contribution in [1.29, 1.82) is 0 Å². The molecular formula is C15H22N5O12P. The molecule has 2 fully saturated rings. The van der Waals surface area contributed by atoms with Crippen LogP contribution in [0.3, 0.4) is 0 Å². The number of aromatic amines is 1.